The maximum atomic E-state index is 9.49. The van der Waals surface area contributed by atoms with E-state index < -0.39 is 0 Å². The number of aromatic nitrogens is 4. The average Bonchev–Trinajstić information content (AvgIpc) is 2.80. The van der Waals surface area contributed by atoms with Gasteiger partial charge < -0.3 is 10.4 Å². The number of nitrogens with zero attached hydrogens (tertiary/aromatic N) is 3. The van der Waals surface area contributed by atoms with Gasteiger partial charge in [0.25, 0.3) is 0 Å². The largest absolute Gasteiger partial charge is 0.393 e. The van der Waals surface area contributed by atoms with Crippen molar-refractivity contribution in [2.45, 2.75) is 37.8 Å². The lowest BCUT2D eigenvalue weighted by molar-refractivity contribution is 0.126. The lowest BCUT2D eigenvalue weighted by atomic mass is 9.93. The highest BCUT2D eigenvalue weighted by Gasteiger charge is 2.20. The van der Waals surface area contributed by atoms with Crippen molar-refractivity contribution < 1.29 is 5.11 Å². The third kappa shape index (κ3) is 2.26. The summed E-state index contributed by atoms with van der Waals surface area (Å²) in [6, 6.07) is 0.317. The van der Waals surface area contributed by atoms with E-state index in [9.17, 15) is 5.11 Å². The van der Waals surface area contributed by atoms with Crippen molar-refractivity contribution >= 4 is 28.5 Å². The van der Waals surface area contributed by atoms with Crippen molar-refractivity contribution in [3.63, 3.8) is 0 Å². The normalized spacial score (nSPS) is 24.3. The fourth-order valence-electron chi connectivity index (χ4n) is 2.33. The topological polar surface area (TPSA) is 86.7 Å². The van der Waals surface area contributed by atoms with Gasteiger partial charge in [-0.3, -0.25) is 5.10 Å². The number of aromatic amines is 1. The minimum Gasteiger partial charge on any atom is -0.393 e. The van der Waals surface area contributed by atoms with Gasteiger partial charge in [0.2, 0.25) is 5.28 Å². The molecule has 0 amide bonds. The van der Waals surface area contributed by atoms with E-state index in [-0.39, 0.29) is 11.4 Å². The molecular weight excluding hydrogens is 254 g/mol. The Balaban J connectivity index is 1.83. The number of hydrogen-bond donors (Lipinski definition) is 3. The van der Waals surface area contributed by atoms with Crippen LogP contribution in [-0.4, -0.2) is 37.4 Å². The number of anilines is 1. The summed E-state index contributed by atoms with van der Waals surface area (Å²) < 4.78 is 0. The van der Waals surface area contributed by atoms with Crippen LogP contribution in [0.1, 0.15) is 25.7 Å². The van der Waals surface area contributed by atoms with Gasteiger partial charge >= 0.3 is 0 Å². The fourth-order valence-corrected chi connectivity index (χ4v) is 2.50. The van der Waals surface area contributed by atoms with Crippen LogP contribution in [0.4, 0.5) is 5.82 Å². The molecule has 0 saturated heterocycles. The quantitative estimate of drug-likeness (QED) is 0.721. The molecule has 0 radical (unpaired) electrons. The molecule has 0 unspecified atom stereocenters. The molecule has 18 heavy (non-hydrogen) atoms. The highest BCUT2D eigenvalue weighted by atomic mass is 35.5. The van der Waals surface area contributed by atoms with Crippen molar-refractivity contribution in [1.82, 2.24) is 20.2 Å². The second-order valence-corrected chi connectivity index (χ2v) is 4.96. The van der Waals surface area contributed by atoms with Crippen LogP contribution in [0, 0.1) is 0 Å². The van der Waals surface area contributed by atoms with E-state index in [2.05, 4.69) is 25.5 Å². The molecule has 6 nitrogen and oxygen atoms in total. The predicted octanol–water partition coefficient (Wildman–Crippen LogP) is 1.72. The Morgan fingerprint density at radius 1 is 1.28 bits per heavy atom. The Morgan fingerprint density at radius 3 is 2.83 bits per heavy atom. The number of halogens is 1. The van der Waals surface area contributed by atoms with E-state index in [0.29, 0.717) is 17.5 Å². The lowest BCUT2D eigenvalue weighted by Crippen LogP contribution is -2.28. The van der Waals surface area contributed by atoms with Gasteiger partial charge in [-0.05, 0) is 37.3 Å². The molecule has 0 aromatic carbocycles. The Kier molecular flexibility index (Phi) is 3.05. The molecule has 7 heteroatoms. The van der Waals surface area contributed by atoms with Crippen molar-refractivity contribution in [3.05, 3.63) is 11.5 Å². The first-order valence-electron chi connectivity index (χ1n) is 6.03. The highest BCUT2D eigenvalue weighted by Crippen LogP contribution is 2.25. The second-order valence-electron chi connectivity index (χ2n) is 4.62. The first kappa shape index (κ1) is 11.7. The molecule has 0 bridgehead atoms. The number of hydrogen-bond acceptors (Lipinski definition) is 5. The van der Waals surface area contributed by atoms with Gasteiger partial charge in [0.1, 0.15) is 5.82 Å². The second kappa shape index (κ2) is 4.70. The monoisotopic (exact) mass is 267 g/mol. The summed E-state index contributed by atoms with van der Waals surface area (Å²) >= 11 is 5.87. The Bertz CT molecular complexity index is 549. The number of H-pyrrole nitrogens is 1. The van der Waals surface area contributed by atoms with E-state index in [1.54, 1.807) is 6.20 Å². The number of fused-ring (bicyclic) bond motifs is 1. The third-order valence-electron chi connectivity index (χ3n) is 3.32. The van der Waals surface area contributed by atoms with Gasteiger partial charge in [-0.1, -0.05) is 0 Å². The van der Waals surface area contributed by atoms with Gasteiger partial charge in [-0.25, -0.2) is 0 Å². The van der Waals surface area contributed by atoms with Crippen LogP contribution in [0.5, 0.6) is 0 Å². The van der Waals surface area contributed by atoms with Crippen LogP contribution in [0.25, 0.3) is 11.0 Å². The highest BCUT2D eigenvalue weighted by molar-refractivity contribution is 6.28. The van der Waals surface area contributed by atoms with Gasteiger partial charge in [0.05, 0.1) is 17.7 Å². The molecule has 1 fully saturated rings. The van der Waals surface area contributed by atoms with Crippen LogP contribution in [-0.2, 0) is 0 Å². The van der Waals surface area contributed by atoms with Gasteiger partial charge in [0.15, 0.2) is 5.65 Å². The van der Waals surface area contributed by atoms with Crippen LogP contribution in [0.2, 0.25) is 5.28 Å². The van der Waals surface area contributed by atoms with Crippen molar-refractivity contribution in [1.29, 1.82) is 0 Å². The summed E-state index contributed by atoms with van der Waals surface area (Å²) in [6.45, 7) is 0. The van der Waals surface area contributed by atoms with E-state index in [4.69, 9.17) is 11.6 Å². The standard InChI is InChI=1S/C11H14ClN5O/c12-11-15-9(8-5-13-17-10(8)16-11)14-6-1-3-7(18)4-2-6/h5-7,18H,1-4H2,(H2,13,14,15,16,17). The SMILES string of the molecule is OC1CCC(Nc2nc(Cl)nc3[nH]ncc23)CC1. The molecule has 1 aliphatic carbocycles. The van der Waals surface area contributed by atoms with E-state index in [1.165, 1.54) is 0 Å². The summed E-state index contributed by atoms with van der Waals surface area (Å²) in [5.74, 6) is 0.708. The van der Waals surface area contributed by atoms with Crippen molar-refractivity contribution in [3.8, 4) is 0 Å². The Labute approximate surface area is 109 Å². The van der Waals surface area contributed by atoms with Crippen LogP contribution in [0.3, 0.4) is 0 Å². The van der Waals surface area contributed by atoms with E-state index in [0.717, 1.165) is 31.1 Å². The Morgan fingerprint density at radius 2 is 2.06 bits per heavy atom. The molecule has 0 aliphatic heterocycles. The molecule has 1 aliphatic rings. The summed E-state index contributed by atoms with van der Waals surface area (Å²) in [7, 11) is 0. The Hall–Kier alpha value is -1.40. The maximum absolute atomic E-state index is 9.49. The zero-order valence-electron chi connectivity index (χ0n) is 9.73. The number of nitrogens with one attached hydrogen (secondary N) is 2. The van der Waals surface area contributed by atoms with Gasteiger partial charge in [0, 0.05) is 6.04 Å². The zero-order valence-corrected chi connectivity index (χ0v) is 10.5. The molecule has 2 heterocycles. The first-order chi connectivity index (χ1) is 8.72. The molecule has 0 spiro atoms. The van der Waals surface area contributed by atoms with E-state index in [1.807, 2.05) is 0 Å². The van der Waals surface area contributed by atoms with Crippen LogP contribution >= 0.6 is 11.6 Å². The predicted molar refractivity (Wildman–Crippen MR) is 68.6 cm³/mol. The number of aliphatic hydroxyl groups is 1. The first-order valence-corrected chi connectivity index (χ1v) is 6.41. The summed E-state index contributed by atoms with van der Waals surface area (Å²) in [5.41, 5.74) is 0.633. The average molecular weight is 268 g/mol. The molecule has 1 saturated carbocycles. The molecule has 96 valence electrons. The number of aliphatic hydroxyl groups excluding tert-OH is 1. The van der Waals surface area contributed by atoms with Crippen LogP contribution < -0.4 is 5.32 Å². The number of rotatable bonds is 2. The van der Waals surface area contributed by atoms with E-state index >= 15 is 0 Å². The molecule has 2 aromatic heterocycles. The minimum absolute atomic E-state index is 0.161. The van der Waals surface area contributed by atoms with Gasteiger partial charge in [-0.2, -0.15) is 15.1 Å². The molecule has 3 rings (SSSR count). The van der Waals surface area contributed by atoms with Crippen molar-refractivity contribution in [2.75, 3.05) is 5.32 Å². The maximum Gasteiger partial charge on any atom is 0.226 e. The summed E-state index contributed by atoms with van der Waals surface area (Å²) in [6.07, 6.45) is 5.04. The molecular formula is C11H14ClN5O. The zero-order chi connectivity index (χ0) is 12.5. The lowest BCUT2D eigenvalue weighted by Gasteiger charge is -2.26. The summed E-state index contributed by atoms with van der Waals surface area (Å²) in [4.78, 5) is 8.27. The molecule has 3 N–H and O–H groups in total. The van der Waals surface area contributed by atoms with Crippen molar-refractivity contribution in [2.24, 2.45) is 0 Å². The van der Waals surface area contributed by atoms with Gasteiger partial charge in [-0.15, -0.1) is 0 Å². The third-order valence-corrected chi connectivity index (χ3v) is 3.49. The van der Waals surface area contributed by atoms with Crippen LogP contribution in [0.15, 0.2) is 6.20 Å². The smallest absolute Gasteiger partial charge is 0.226 e. The minimum atomic E-state index is -0.161. The molecule has 2 aromatic rings. The molecule has 0 atom stereocenters. The fraction of sp³-hybridized carbons (Fsp3) is 0.545. The summed E-state index contributed by atoms with van der Waals surface area (Å²) in [5, 5.41) is 20.6.